The molecule has 1 amide bonds. The Bertz CT molecular complexity index is 777. The molecule has 0 atom stereocenters. The van der Waals surface area contributed by atoms with Gasteiger partial charge in [-0.15, -0.1) is 0 Å². The number of imidazole rings is 1. The van der Waals surface area contributed by atoms with Gasteiger partial charge in [0, 0.05) is 17.8 Å². The number of hydrogen-bond acceptors (Lipinski definition) is 3. The van der Waals surface area contributed by atoms with Gasteiger partial charge >= 0.3 is 0 Å². The lowest BCUT2D eigenvalue weighted by Crippen LogP contribution is -2.12. The van der Waals surface area contributed by atoms with Crippen LogP contribution in [0, 0.1) is 0 Å². The second-order valence-electron chi connectivity index (χ2n) is 5.12. The van der Waals surface area contributed by atoms with Gasteiger partial charge in [-0.1, -0.05) is 6.07 Å². The van der Waals surface area contributed by atoms with Gasteiger partial charge in [-0.3, -0.25) is 4.79 Å². The fraction of sp³-hybridized carbons (Fsp3) is 0.188. The average molecular weight is 280 g/mol. The number of anilines is 1. The average Bonchev–Trinajstić information content (AvgIpc) is 2.91. The predicted octanol–water partition coefficient (Wildman–Crippen LogP) is 3.26. The van der Waals surface area contributed by atoms with E-state index in [-0.39, 0.29) is 5.91 Å². The van der Waals surface area contributed by atoms with E-state index in [1.807, 2.05) is 12.1 Å². The van der Waals surface area contributed by atoms with Crippen LogP contribution < -0.4 is 5.32 Å². The van der Waals surface area contributed by atoms with Crippen LogP contribution >= 0.6 is 0 Å². The molecule has 0 fully saturated rings. The Hall–Kier alpha value is -2.69. The van der Waals surface area contributed by atoms with E-state index in [0.29, 0.717) is 17.4 Å². The number of pyridine rings is 1. The van der Waals surface area contributed by atoms with E-state index in [9.17, 15) is 4.79 Å². The molecule has 0 saturated heterocycles. The SMILES string of the molecule is CC(C)n1cnc2cc(C(=O)Nc3ccccn3)ccc21. The van der Waals surface area contributed by atoms with Crippen LogP contribution in [0.2, 0.25) is 0 Å². The quantitative estimate of drug-likeness (QED) is 0.801. The number of carbonyl (C=O) groups excluding carboxylic acids is 1. The van der Waals surface area contributed by atoms with E-state index in [1.165, 1.54) is 0 Å². The van der Waals surface area contributed by atoms with Gasteiger partial charge in [0.25, 0.3) is 5.91 Å². The molecule has 3 aromatic rings. The van der Waals surface area contributed by atoms with E-state index < -0.39 is 0 Å². The van der Waals surface area contributed by atoms with Gasteiger partial charge in [0.05, 0.1) is 17.4 Å². The molecule has 0 unspecified atom stereocenters. The zero-order valence-corrected chi connectivity index (χ0v) is 11.9. The van der Waals surface area contributed by atoms with E-state index in [4.69, 9.17) is 0 Å². The Morgan fingerprint density at radius 3 is 2.76 bits per heavy atom. The maximum absolute atomic E-state index is 12.2. The maximum Gasteiger partial charge on any atom is 0.256 e. The van der Waals surface area contributed by atoms with Crippen LogP contribution in [0.25, 0.3) is 11.0 Å². The number of carbonyl (C=O) groups is 1. The Morgan fingerprint density at radius 2 is 2.05 bits per heavy atom. The van der Waals surface area contributed by atoms with Crippen LogP contribution in [0.3, 0.4) is 0 Å². The van der Waals surface area contributed by atoms with Crippen LogP contribution in [0.15, 0.2) is 48.9 Å². The maximum atomic E-state index is 12.2. The lowest BCUT2D eigenvalue weighted by atomic mass is 10.2. The first-order chi connectivity index (χ1) is 10.1. The number of nitrogens with one attached hydrogen (secondary N) is 1. The molecule has 0 radical (unpaired) electrons. The molecule has 0 aliphatic carbocycles. The largest absolute Gasteiger partial charge is 0.328 e. The van der Waals surface area contributed by atoms with Crippen molar-refractivity contribution in [3.63, 3.8) is 0 Å². The highest BCUT2D eigenvalue weighted by atomic mass is 16.1. The Balaban J connectivity index is 1.89. The molecular weight excluding hydrogens is 264 g/mol. The molecule has 2 heterocycles. The fourth-order valence-electron chi connectivity index (χ4n) is 2.21. The Morgan fingerprint density at radius 1 is 1.19 bits per heavy atom. The summed E-state index contributed by atoms with van der Waals surface area (Å²) in [6.45, 7) is 4.20. The number of benzene rings is 1. The number of fused-ring (bicyclic) bond motifs is 1. The van der Waals surface area contributed by atoms with E-state index >= 15 is 0 Å². The van der Waals surface area contributed by atoms with E-state index in [1.54, 1.807) is 36.8 Å². The smallest absolute Gasteiger partial charge is 0.256 e. The van der Waals surface area contributed by atoms with E-state index in [2.05, 4.69) is 33.7 Å². The molecule has 0 aliphatic rings. The molecule has 1 aromatic carbocycles. The predicted molar refractivity (Wildman–Crippen MR) is 82.3 cm³/mol. The van der Waals surface area contributed by atoms with Crippen LogP contribution in [0.1, 0.15) is 30.2 Å². The second kappa shape index (κ2) is 5.36. The third-order valence-electron chi connectivity index (χ3n) is 3.30. The normalized spacial score (nSPS) is 11.0. The summed E-state index contributed by atoms with van der Waals surface area (Å²) >= 11 is 0. The number of rotatable bonds is 3. The molecule has 0 saturated carbocycles. The highest BCUT2D eigenvalue weighted by Crippen LogP contribution is 2.19. The fourth-order valence-corrected chi connectivity index (χ4v) is 2.21. The topological polar surface area (TPSA) is 59.8 Å². The molecule has 2 aromatic heterocycles. The summed E-state index contributed by atoms with van der Waals surface area (Å²) < 4.78 is 2.08. The highest BCUT2D eigenvalue weighted by Gasteiger charge is 2.11. The number of nitrogens with zero attached hydrogens (tertiary/aromatic N) is 3. The van der Waals surface area contributed by atoms with Crippen molar-refractivity contribution in [1.29, 1.82) is 0 Å². The Labute approximate surface area is 122 Å². The molecule has 0 spiro atoms. The molecule has 3 rings (SSSR count). The van der Waals surface area contributed by atoms with Crippen LogP contribution in [-0.2, 0) is 0 Å². The van der Waals surface area contributed by atoms with Crippen LogP contribution in [-0.4, -0.2) is 20.4 Å². The zero-order valence-electron chi connectivity index (χ0n) is 11.9. The molecule has 0 aliphatic heterocycles. The first-order valence-electron chi connectivity index (χ1n) is 6.84. The molecular formula is C16H16N4O. The summed E-state index contributed by atoms with van der Waals surface area (Å²) in [5.41, 5.74) is 2.42. The van der Waals surface area contributed by atoms with Crippen molar-refractivity contribution in [3.8, 4) is 0 Å². The summed E-state index contributed by atoms with van der Waals surface area (Å²) in [5.74, 6) is 0.352. The van der Waals surface area contributed by atoms with Gasteiger partial charge in [-0.05, 0) is 44.2 Å². The lowest BCUT2D eigenvalue weighted by Gasteiger charge is -2.08. The van der Waals surface area contributed by atoms with Crippen molar-refractivity contribution in [2.45, 2.75) is 19.9 Å². The van der Waals surface area contributed by atoms with E-state index in [0.717, 1.165) is 11.0 Å². The minimum Gasteiger partial charge on any atom is -0.328 e. The van der Waals surface area contributed by atoms with Crippen molar-refractivity contribution in [2.24, 2.45) is 0 Å². The van der Waals surface area contributed by atoms with Crippen molar-refractivity contribution < 1.29 is 4.79 Å². The number of aromatic nitrogens is 3. The molecule has 106 valence electrons. The van der Waals surface area contributed by atoms with Gasteiger partial charge < -0.3 is 9.88 Å². The van der Waals surface area contributed by atoms with Gasteiger partial charge in [0.15, 0.2) is 0 Å². The van der Waals surface area contributed by atoms with Crippen molar-refractivity contribution in [1.82, 2.24) is 14.5 Å². The molecule has 0 bridgehead atoms. The first kappa shape index (κ1) is 13.3. The highest BCUT2D eigenvalue weighted by molar-refractivity contribution is 6.05. The van der Waals surface area contributed by atoms with Crippen LogP contribution in [0.5, 0.6) is 0 Å². The van der Waals surface area contributed by atoms with Gasteiger partial charge in [0.2, 0.25) is 0 Å². The minimum absolute atomic E-state index is 0.185. The molecule has 21 heavy (non-hydrogen) atoms. The summed E-state index contributed by atoms with van der Waals surface area (Å²) in [6.07, 6.45) is 3.44. The summed E-state index contributed by atoms with van der Waals surface area (Å²) in [6, 6.07) is 11.3. The standard InChI is InChI=1S/C16H16N4O/c1-11(2)20-10-18-13-9-12(6-7-14(13)20)16(21)19-15-5-3-4-8-17-15/h3-11H,1-2H3,(H,17,19,21). The second-order valence-corrected chi connectivity index (χ2v) is 5.12. The summed E-state index contributed by atoms with van der Waals surface area (Å²) in [4.78, 5) is 20.7. The van der Waals surface area contributed by atoms with Gasteiger partial charge in [0.1, 0.15) is 5.82 Å². The van der Waals surface area contributed by atoms with Gasteiger partial charge in [-0.2, -0.15) is 0 Å². The third-order valence-corrected chi connectivity index (χ3v) is 3.30. The zero-order chi connectivity index (χ0) is 14.8. The van der Waals surface area contributed by atoms with Crippen molar-refractivity contribution in [2.75, 3.05) is 5.32 Å². The number of amides is 1. The third kappa shape index (κ3) is 2.63. The number of hydrogen-bond donors (Lipinski definition) is 1. The Kier molecular flexibility index (Phi) is 3.39. The van der Waals surface area contributed by atoms with Crippen molar-refractivity contribution in [3.05, 3.63) is 54.5 Å². The van der Waals surface area contributed by atoms with Crippen molar-refractivity contribution >= 4 is 22.8 Å². The monoisotopic (exact) mass is 280 g/mol. The molecule has 5 nitrogen and oxygen atoms in total. The lowest BCUT2D eigenvalue weighted by molar-refractivity contribution is 0.102. The molecule has 5 heteroatoms. The van der Waals surface area contributed by atoms with Gasteiger partial charge in [-0.25, -0.2) is 9.97 Å². The molecule has 1 N–H and O–H groups in total. The van der Waals surface area contributed by atoms with Crippen LogP contribution in [0.4, 0.5) is 5.82 Å². The minimum atomic E-state index is -0.185. The first-order valence-corrected chi connectivity index (χ1v) is 6.84. The summed E-state index contributed by atoms with van der Waals surface area (Å²) in [5, 5.41) is 2.77. The summed E-state index contributed by atoms with van der Waals surface area (Å²) in [7, 11) is 0.